The summed E-state index contributed by atoms with van der Waals surface area (Å²) in [6.45, 7) is 0. The Bertz CT molecular complexity index is 715. The summed E-state index contributed by atoms with van der Waals surface area (Å²) in [5, 5.41) is 0. The molecule has 2 rings (SSSR count). The van der Waals surface area contributed by atoms with Gasteiger partial charge in [-0.2, -0.15) is 13.2 Å². The number of benzene rings is 1. The van der Waals surface area contributed by atoms with Crippen molar-refractivity contribution >= 4 is 0 Å². The normalized spacial score (nSPS) is 12.3. The highest BCUT2D eigenvalue weighted by molar-refractivity contribution is 5.67. The summed E-state index contributed by atoms with van der Waals surface area (Å²) in [5.41, 5.74) is -3.03. The number of aromatic amines is 1. The van der Waals surface area contributed by atoms with Crippen LogP contribution in [-0.4, -0.2) is 11.3 Å². The summed E-state index contributed by atoms with van der Waals surface area (Å²) in [5.74, 6) is -0.600. The summed E-state index contributed by atoms with van der Waals surface area (Å²) in [7, 11) is 0. The third-order valence-corrected chi connectivity index (χ3v) is 2.64. The smallest absolute Gasteiger partial charge is 0.406 e. The lowest BCUT2D eigenvalue weighted by Crippen LogP contribution is -2.18. The number of alkyl halides is 6. The number of pyridine rings is 1. The standard InChI is InChI=1S/C13H7F6NO2/c14-12(15,16)9-5-6-20-11(21)10(9)7-1-3-8(4-2-7)22-13(17,18)19/h1-6H,(H,20,21). The molecule has 22 heavy (non-hydrogen) atoms. The fourth-order valence-electron chi connectivity index (χ4n) is 1.82. The first-order chi connectivity index (χ1) is 10.1. The highest BCUT2D eigenvalue weighted by atomic mass is 19.4. The monoisotopic (exact) mass is 323 g/mol. The van der Waals surface area contributed by atoms with E-state index in [1.165, 1.54) is 0 Å². The lowest BCUT2D eigenvalue weighted by atomic mass is 10.0. The summed E-state index contributed by atoms with van der Waals surface area (Å²) < 4.78 is 78.4. The molecule has 1 aromatic carbocycles. The predicted octanol–water partition coefficient (Wildman–Crippen LogP) is 3.96. The Balaban J connectivity index is 2.47. The van der Waals surface area contributed by atoms with Crippen LogP contribution >= 0.6 is 0 Å². The zero-order valence-corrected chi connectivity index (χ0v) is 10.5. The number of aromatic nitrogens is 1. The largest absolute Gasteiger partial charge is 0.573 e. The summed E-state index contributed by atoms with van der Waals surface area (Å²) in [6.07, 6.45) is -8.84. The maximum absolute atomic E-state index is 12.9. The first kappa shape index (κ1) is 15.9. The highest BCUT2D eigenvalue weighted by Crippen LogP contribution is 2.35. The predicted molar refractivity (Wildman–Crippen MR) is 64.2 cm³/mol. The number of ether oxygens (including phenoxy) is 1. The molecule has 3 nitrogen and oxygen atoms in total. The van der Waals surface area contributed by atoms with Gasteiger partial charge in [0.05, 0.1) is 11.1 Å². The van der Waals surface area contributed by atoms with Crippen LogP contribution in [0.2, 0.25) is 0 Å². The molecule has 118 valence electrons. The molecule has 1 aromatic heterocycles. The molecular formula is C13H7F6NO2. The van der Waals surface area contributed by atoms with Crippen molar-refractivity contribution in [1.29, 1.82) is 0 Å². The Morgan fingerprint density at radius 3 is 2.00 bits per heavy atom. The number of hydrogen-bond acceptors (Lipinski definition) is 2. The Hall–Kier alpha value is -2.45. The number of hydrogen-bond donors (Lipinski definition) is 1. The van der Waals surface area contributed by atoms with Crippen molar-refractivity contribution in [3.63, 3.8) is 0 Å². The van der Waals surface area contributed by atoms with Crippen LogP contribution in [0.5, 0.6) is 5.75 Å². The molecule has 1 N–H and O–H groups in total. The van der Waals surface area contributed by atoms with Gasteiger partial charge in [-0.15, -0.1) is 13.2 Å². The van der Waals surface area contributed by atoms with Crippen molar-refractivity contribution < 1.29 is 31.1 Å². The minimum atomic E-state index is -4.91. The second-order valence-corrected chi connectivity index (χ2v) is 4.17. The van der Waals surface area contributed by atoms with Crippen LogP contribution in [0, 0.1) is 0 Å². The topological polar surface area (TPSA) is 42.1 Å². The van der Waals surface area contributed by atoms with E-state index in [0.717, 1.165) is 30.5 Å². The van der Waals surface area contributed by atoms with Crippen molar-refractivity contribution in [2.45, 2.75) is 12.5 Å². The fraction of sp³-hybridized carbons (Fsp3) is 0.154. The van der Waals surface area contributed by atoms with Crippen LogP contribution in [0.4, 0.5) is 26.3 Å². The van der Waals surface area contributed by atoms with Crippen molar-refractivity contribution in [3.05, 3.63) is 52.4 Å². The van der Waals surface area contributed by atoms with Gasteiger partial charge in [-0.1, -0.05) is 12.1 Å². The summed E-state index contributed by atoms with van der Waals surface area (Å²) >= 11 is 0. The number of H-pyrrole nitrogens is 1. The SMILES string of the molecule is O=c1[nH]ccc(C(F)(F)F)c1-c1ccc(OC(F)(F)F)cc1. The van der Waals surface area contributed by atoms with Crippen molar-refractivity contribution in [2.75, 3.05) is 0 Å². The number of halogens is 6. The van der Waals surface area contributed by atoms with Crippen LogP contribution in [0.1, 0.15) is 5.56 Å². The fourth-order valence-corrected chi connectivity index (χ4v) is 1.82. The molecular weight excluding hydrogens is 316 g/mol. The molecule has 0 atom stereocenters. The Kier molecular flexibility index (Phi) is 3.90. The molecule has 0 spiro atoms. The second-order valence-electron chi connectivity index (χ2n) is 4.17. The van der Waals surface area contributed by atoms with Crippen molar-refractivity contribution in [3.8, 4) is 16.9 Å². The molecule has 0 amide bonds. The van der Waals surface area contributed by atoms with Gasteiger partial charge in [0.1, 0.15) is 5.75 Å². The Morgan fingerprint density at radius 2 is 1.50 bits per heavy atom. The van der Waals surface area contributed by atoms with Crippen LogP contribution in [0.15, 0.2) is 41.3 Å². The van der Waals surface area contributed by atoms with Gasteiger partial charge in [0.15, 0.2) is 0 Å². The Morgan fingerprint density at radius 1 is 0.909 bits per heavy atom. The zero-order chi connectivity index (χ0) is 16.5. The van der Waals surface area contributed by atoms with Crippen LogP contribution in [0.3, 0.4) is 0 Å². The Labute approximate surface area is 119 Å². The van der Waals surface area contributed by atoms with Gasteiger partial charge < -0.3 is 9.72 Å². The second kappa shape index (κ2) is 5.39. The molecule has 2 aromatic rings. The molecule has 0 fully saturated rings. The molecule has 0 aliphatic carbocycles. The van der Waals surface area contributed by atoms with Gasteiger partial charge in [-0.25, -0.2) is 0 Å². The summed E-state index contributed by atoms with van der Waals surface area (Å²) in [6, 6.07) is 4.23. The molecule has 0 aliphatic heterocycles. The van der Waals surface area contributed by atoms with E-state index in [4.69, 9.17) is 0 Å². The number of rotatable bonds is 2. The zero-order valence-electron chi connectivity index (χ0n) is 10.5. The van der Waals surface area contributed by atoms with Gasteiger partial charge in [0, 0.05) is 6.20 Å². The van der Waals surface area contributed by atoms with E-state index in [2.05, 4.69) is 9.72 Å². The molecule has 0 aliphatic rings. The van der Waals surface area contributed by atoms with Gasteiger partial charge in [0.2, 0.25) is 0 Å². The van der Waals surface area contributed by atoms with E-state index < -0.39 is 35.0 Å². The minimum Gasteiger partial charge on any atom is -0.406 e. The van der Waals surface area contributed by atoms with Crippen LogP contribution in [0.25, 0.3) is 11.1 Å². The molecule has 0 bridgehead atoms. The molecule has 1 heterocycles. The van der Waals surface area contributed by atoms with Gasteiger partial charge in [-0.05, 0) is 23.8 Å². The summed E-state index contributed by atoms with van der Waals surface area (Å²) in [4.78, 5) is 13.7. The van der Waals surface area contributed by atoms with E-state index in [9.17, 15) is 31.1 Å². The molecule has 0 saturated heterocycles. The van der Waals surface area contributed by atoms with Gasteiger partial charge in [0.25, 0.3) is 5.56 Å². The third-order valence-electron chi connectivity index (χ3n) is 2.64. The van der Waals surface area contributed by atoms with E-state index in [1.54, 1.807) is 0 Å². The number of nitrogens with one attached hydrogen (secondary N) is 1. The first-order valence-electron chi connectivity index (χ1n) is 5.73. The average Bonchev–Trinajstić information content (AvgIpc) is 2.37. The molecule has 9 heteroatoms. The van der Waals surface area contributed by atoms with Crippen molar-refractivity contribution in [1.82, 2.24) is 4.98 Å². The molecule has 0 saturated carbocycles. The van der Waals surface area contributed by atoms with Crippen molar-refractivity contribution in [2.24, 2.45) is 0 Å². The highest BCUT2D eigenvalue weighted by Gasteiger charge is 2.35. The van der Waals surface area contributed by atoms with Gasteiger partial charge in [-0.3, -0.25) is 4.79 Å². The minimum absolute atomic E-state index is 0.177. The third kappa shape index (κ3) is 3.60. The average molecular weight is 323 g/mol. The molecule has 0 unspecified atom stereocenters. The molecule has 0 radical (unpaired) electrons. The van der Waals surface area contributed by atoms with Crippen LogP contribution in [-0.2, 0) is 6.18 Å². The lowest BCUT2D eigenvalue weighted by Gasteiger charge is -2.13. The maximum atomic E-state index is 12.9. The van der Waals surface area contributed by atoms with E-state index in [-0.39, 0.29) is 5.56 Å². The van der Waals surface area contributed by atoms with Crippen LogP contribution < -0.4 is 10.3 Å². The maximum Gasteiger partial charge on any atom is 0.573 e. The lowest BCUT2D eigenvalue weighted by molar-refractivity contribution is -0.274. The quantitative estimate of drug-likeness (QED) is 0.850. The van der Waals surface area contributed by atoms with E-state index in [0.29, 0.717) is 6.07 Å². The van der Waals surface area contributed by atoms with Gasteiger partial charge >= 0.3 is 12.5 Å². The first-order valence-corrected chi connectivity index (χ1v) is 5.73. The van der Waals surface area contributed by atoms with E-state index in [1.807, 2.05) is 0 Å². The van der Waals surface area contributed by atoms with E-state index >= 15 is 0 Å².